The van der Waals surface area contributed by atoms with E-state index in [2.05, 4.69) is 0 Å². The van der Waals surface area contributed by atoms with Crippen LogP contribution in [0.3, 0.4) is 0 Å². The van der Waals surface area contributed by atoms with Crippen LogP contribution in [0.5, 0.6) is 0 Å². The summed E-state index contributed by atoms with van der Waals surface area (Å²) in [6.07, 6.45) is -0.547. The molecular formula is C13H15FO2S. The highest BCUT2D eigenvalue weighted by Crippen LogP contribution is 2.30. The highest BCUT2D eigenvalue weighted by atomic mass is 32.1. The van der Waals surface area contributed by atoms with Gasteiger partial charge in [0.2, 0.25) is 0 Å². The fourth-order valence-corrected chi connectivity index (χ4v) is 2.58. The Morgan fingerprint density at radius 2 is 2.12 bits per heavy atom. The minimum atomic E-state index is -0.641. The van der Waals surface area contributed by atoms with Gasteiger partial charge in [0.05, 0.1) is 12.7 Å². The number of thiophene rings is 1. The molecule has 0 fully saturated rings. The molecule has 2 rings (SSSR count). The van der Waals surface area contributed by atoms with E-state index in [-0.39, 0.29) is 18.5 Å². The zero-order valence-corrected chi connectivity index (χ0v) is 10.6. The van der Waals surface area contributed by atoms with Gasteiger partial charge in [-0.2, -0.15) is 0 Å². The molecule has 0 spiro atoms. The van der Waals surface area contributed by atoms with Gasteiger partial charge in [-0.05, 0) is 43.5 Å². The van der Waals surface area contributed by atoms with Gasteiger partial charge in [-0.3, -0.25) is 0 Å². The van der Waals surface area contributed by atoms with E-state index in [1.165, 1.54) is 23.5 Å². The lowest BCUT2D eigenvalue weighted by Crippen LogP contribution is -2.10. The van der Waals surface area contributed by atoms with Crippen LogP contribution in [0.25, 0.3) is 10.1 Å². The van der Waals surface area contributed by atoms with E-state index < -0.39 is 6.10 Å². The summed E-state index contributed by atoms with van der Waals surface area (Å²) in [7, 11) is 0. The number of ether oxygens (including phenoxy) is 1. The highest BCUT2D eigenvalue weighted by Gasteiger charge is 2.12. The molecule has 17 heavy (non-hydrogen) atoms. The van der Waals surface area contributed by atoms with Crippen LogP contribution in [0.15, 0.2) is 24.3 Å². The minimum Gasteiger partial charge on any atom is -0.385 e. The first-order valence-electron chi connectivity index (χ1n) is 5.55. The smallest absolute Gasteiger partial charge is 0.123 e. The number of halogens is 1. The van der Waals surface area contributed by atoms with Crippen LogP contribution in [-0.4, -0.2) is 17.8 Å². The van der Waals surface area contributed by atoms with E-state index >= 15 is 0 Å². The van der Waals surface area contributed by atoms with Crippen LogP contribution in [0, 0.1) is 5.82 Å². The van der Waals surface area contributed by atoms with Crippen LogP contribution in [0.2, 0.25) is 0 Å². The Labute approximate surface area is 104 Å². The fraction of sp³-hybridized carbons (Fsp3) is 0.385. The second-order valence-electron chi connectivity index (χ2n) is 4.23. The molecule has 2 aromatic rings. The van der Waals surface area contributed by atoms with Gasteiger partial charge in [-0.25, -0.2) is 4.39 Å². The van der Waals surface area contributed by atoms with E-state index in [1.807, 2.05) is 19.9 Å². The van der Waals surface area contributed by atoms with Crippen LogP contribution in [0.4, 0.5) is 4.39 Å². The molecule has 1 aromatic heterocycles. The molecule has 0 aliphatic carbocycles. The Morgan fingerprint density at radius 1 is 1.35 bits per heavy atom. The molecule has 92 valence electrons. The summed E-state index contributed by atoms with van der Waals surface area (Å²) < 4.78 is 19.4. The van der Waals surface area contributed by atoms with Crippen molar-refractivity contribution in [2.45, 2.75) is 26.1 Å². The van der Waals surface area contributed by atoms with Crippen molar-refractivity contribution in [2.75, 3.05) is 6.61 Å². The number of benzene rings is 1. The summed E-state index contributed by atoms with van der Waals surface area (Å²) in [6, 6.07) is 6.46. The van der Waals surface area contributed by atoms with Crippen molar-refractivity contribution in [3.8, 4) is 0 Å². The predicted octanol–water partition coefficient (Wildman–Crippen LogP) is 3.50. The Morgan fingerprint density at radius 3 is 2.82 bits per heavy atom. The fourth-order valence-electron chi connectivity index (χ4n) is 1.56. The first kappa shape index (κ1) is 12.5. The molecule has 0 amide bonds. The summed E-state index contributed by atoms with van der Waals surface area (Å²) in [4.78, 5) is 0.811. The van der Waals surface area contributed by atoms with Crippen molar-refractivity contribution in [1.29, 1.82) is 0 Å². The molecule has 1 unspecified atom stereocenters. The number of fused-ring (bicyclic) bond motifs is 1. The van der Waals surface area contributed by atoms with E-state index in [4.69, 9.17) is 4.74 Å². The Bertz CT molecular complexity index is 507. The third kappa shape index (κ3) is 3.03. The molecule has 0 bridgehead atoms. The topological polar surface area (TPSA) is 29.5 Å². The van der Waals surface area contributed by atoms with Crippen LogP contribution in [-0.2, 0) is 4.74 Å². The van der Waals surface area contributed by atoms with Gasteiger partial charge < -0.3 is 9.84 Å². The lowest BCUT2D eigenvalue weighted by Gasteiger charge is -2.11. The van der Waals surface area contributed by atoms with Gasteiger partial charge in [0.25, 0.3) is 0 Å². The lowest BCUT2D eigenvalue weighted by atomic mass is 10.2. The van der Waals surface area contributed by atoms with Crippen molar-refractivity contribution < 1.29 is 14.2 Å². The molecule has 0 aliphatic rings. The number of aliphatic hydroxyl groups excluding tert-OH is 1. The van der Waals surface area contributed by atoms with Gasteiger partial charge in [0.15, 0.2) is 0 Å². The van der Waals surface area contributed by atoms with Crippen molar-refractivity contribution in [3.63, 3.8) is 0 Å². The van der Waals surface area contributed by atoms with Crippen LogP contribution >= 0.6 is 11.3 Å². The molecule has 0 radical (unpaired) electrons. The summed E-state index contributed by atoms with van der Waals surface area (Å²) in [5.41, 5.74) is 0. The molecule has 0 saturated heterocycles. The first-order valence-corrected chi connectivity index (χ1v) is 6.36. The minimum absolute atomic E-state index is 0.0940. The van der Waals surface area contributed by atoms with Gasteiger partial charge >= 0.3 is 0 Å². The largest absolute Gasteiger partial charge is 0.385 e. The average Bonchev–Trinajstić information content (AvgIpc) is 2.68. The molecule has 1 heterocycles. The maximum Gasteiger partial charge on any atom is 0.123 e. The van der Waals surface area contributed by atoms with Crippen LogP contribution in [0.1, 0.15) is 24.8 Å². The first-order chi connectivity index (χ1) is 8.06. The van der Waals surface area contributed by atoms with E-state index in [0.29, 0.717) is 0 Å². The normalized spacial score (nSPS) is 13.5. The van der Waals surface area contributed by atoms with Gasteiger partial charge in [0, 0.05) is 9.58 Å². The molecule has 1 aromatic carbocycles. The van der Waals surface area contributed by atoms with Crippen molar-refractivity contribution in [3.05, 3.63) is 35.0 Å². The van der Waals surface area contributed by atoms with Gasteiger partial charge in [-0.1, -0.05) is 0 Å². The zero-order chi connectivity index (χ0) is 12.4. The third-order valence-corrected chi connectivity index (χ3v) is 3.63. The maximum atomic E-state index is 13.0. The molecule has 2 nitrogen and oxygen atoms in total. The molecule has 0 aliphatic heterocycles. The van der Waals surface area contributed by atoms with E-state index in [0.717, 1.165) is 15.0 Å². The average molecular weight is 254 g/mol. The Balaban J connectivity index is 2.18. The summed E-state index contributed by atoms with van der Waals surface area (Å²) in [6.45, 7) is 4.12. The van der Waals surface area contributed by atoms with E-state index in [1.54, 1.807) is 6.07 Å². The number of aliphatic hydroxyl groups is 1. The zero-order valence-electron chi connectivity index (χ0n) is 9.81. The summed E-state index contributed by atoms with van der Waals surface area (Å²) >= 11 is 1.47. The standard InChI is InChI=1S/C13H15FO2S/c1-8(2)16-7-11(15)13-6-9-5-10(14)3-4-12(9)17-13/h3-6,8,11,15H,7H2,1-2H3. The highest BCUT2D eigenvalue weighted by molar-refractivity contribution is 7.19. The monoisotopic (exact) mass is 254 g/mol. The van der Waals surface area contributed by atoms with Crippen LogP contribution < -0.4 is 0 Å². The van der Waals surface area contributed by atoms with Gasteiger partial charge in [0.1, 0.15) is 11.9 Å². The molecule has 0 saturated carbocycles. The molecular weight excluding hydrogens is 239 g/mol. The quantitative estimate of drug-likeness (QED) is 0.905. The summed E-state index contributed by atoms with van der Waals surface area (Å²) in [5.74, 6) is -0.255. The second kappa shape index (κ2) is 5.12. The van der Waals surface area contributed by atoms with Crippen molar-refractivity contribution in [2.24, 2.45) is 0 Å². The number of hydrogen-bond acceptors (Lipinski definition) is 3. The second-order valence-corrected chi connectivity index (χ2v) is 5.34. The van der Waals surface area contributed by atoms with E-state index in [9.17, 15) is 9.50 Å². The van der Waals surface area contributed by atoms with Crippen molar-refractivity contribution in [1.82, 2.24) is 0 Å². The SMILES string of the molecule is CC(C)OCC(O)c1cc2cc(F)ccc2s1. The maximum absolute atomic E-state index is 13.0. The lowest BCUT2D eigenvalue weighted by molar-refractivity contribution is 0.00636. The Hall–Kier alpha value is -0.970. The Kier molecular flexibility index (Phi) is 3.76. The molecule has 1 atom stereocenters. The predicted molar refractivity (Wildman–Crippen MR) is 67.8 cm³/mol. The number of rotatable bonds is 4. The molecule has 1 N–H and O–H groups in total. The summed E-state index contributed by atoms with van der Waals surface area (Å²) in [5, 5.41) is 10.8. The third-order valence-electron chi connectivity index (χ3n) is 2.41. The van der Waals surface area contributed by atoms with Gasteiger partial charge in [-0.15, -0.1) is 11.3 Å². The molecule has 4 heteroatoms. The number of hydrogen-bond donors (Lipinski definition) is 1. The van der Waals surface area contributed by atoms with Crippen molar-refractivity contribution >= 4 is 21.4 Å².